The smallest absolute Gasteiger partial charge is 0.281 e. The Morgan fingerprint density at radius 2 is 1.79 bits per heavy atom. The number of hydrogen-bond donors (Lipinski definition) is 1. The Balaban J connectivity index is 2.16. The minimum atomic E-state index is -0.730. The van der Waals surface area contributed by atoms with Crippen LogP contribution in [-0.2, 0) is 9.63 Å². The fourth-order valence-electron chi connectivity index (χ4n) is 4.17. The summed E-state index contributed by atoms with van der Waals surface area (Å²) in [5.41, 5.74) is 4.03. The molecule has 4 heteroatoms. The minimum Gasteiger partial charge on any atom is -0.508 e. The summed E-state index contributed by atoms with van der Waals surface area (Å²) in [4.78, 5) is 18.7. The van der Waals surface area contributed by atoms with Crippen molar-refractivity contribution in [3.63, 3.8) is 0 Å². The Labute approximate surface area is 144 Å². The first kappa shape index (κ1) is 17.0. The number of nitrogens with zero attached hydrogens (tertiary/aromatic N) is 1. The average Bonchev–Trinajstić information content (AvgIpc) is 2.64. The zero-order valence-electron chi connectivity index (χ0n) is 15.1. The quantitative estimate of drug-likeness (QED) is 0.769. The molecule has 1 fully saturated rings. The SMILES string of the molecule is CC1=CC(C)=C(C2=C(O)C3(CCCCC3)ON(C)C2=O)CC(C)=C1. The van der Waals surface area contributed by atoms with Crippen LogP contribution in [0.25, 0.3) is 0 Å². The second-order valence-electron chi connectivity index (χ2n) is 7.39. The first-order valence-corrected chi connectivity index (χ1v) is 8.80. The molecule has 3 aliphatic rings. The predicted molar refractivity (Wildman–Crippen MR) is 94.2 cm³/mol. The molecule has 1 heterocycles. The molecule has 0 bridgehead atoms. The van der Waals surface area contributed by atoms with Gasteiger partial charge in [-0.25, -0.2) is 5.06 Å². The molecule has 0 unspecified atom stereocenters. The van der Waals surface area contributed by atoms with Crippen molar-refractivity contribution < 1.29 is 14.7 Å². The molecule has 2 aliphatic carbocycles. The summed E-state index contributed by atoms with van der Waals surface area (Å²) >= 11 is 0. The zero-order chi connectivity index (χ0) is 17.5. The van der Waals surface area contributed by atoms with Crippen LogP contribution in [0.3, 0.4) is 0 Å². The van der Waals surface area contributed by atoms with Crippen LogP contribution in [0.4, 0.5) is 0 Å². The lowest BCUT2D eigenvalue weighted by Crippen LogP contribution is -2.50. The third-order valence-electron chi connectivity index (χ3n) is 5.29. The Kier molecular flexibility index (Phi) is 4.43. The molecule has 0 aromatic rings. The molecule has 0 radical (unpaired) electrons. The topological polar surface area (TPSA) is 49.8 Å². The summed E-state index contributed by atoms with van der Waals surface area (Å²) in [5.74, 6) is -0.112. The highest BCUT2D eigenvalue weighted by Gasteiger charge is 2.47. The van der Waals surface area contributed by atoms with Crippen LogP contribution in [0.2, 0.25) is 0 Å². The van der Waals surface area contributed by atoms with Crippen molar-refractivity contribution >= 4 is 5.91 Å². The standard InChI is InChI=1S/C20H27NO3/c1-13-10-14(2)12-16(15(3)11-13)17-18(22)20(8-6-5-7-9-20)24-21(4)19(17)23/h10-11,22H,5-9,12H2,1-4H3. The normalized spacial score (nSPS) is 25.0. The van der Waals surface area contributed by atoms with Crippen LogP contribution >= 0.6 is 0 Å². The summed E-state index contributed by atoms with van der Waals surface area (Å²) in [6.07, 6.45) is 9.59. The van der Waals surface area contributed by atoms with E-state index in [4.69, 9.17) is 4.84 Å². The summed E-state index contributed by atoms with van der Waals surface area (Å²) < 4.78 is 0. The van der Waals surface area contributed by atoms with E-state index in [-0.39, 0.29) is 11.7 Å². The van der Waals surface area contributed by atoms with Crippen LogP contribution in [0.15, 0.2) is 45.8 Å². The molecule has 0 aromatic heterocycles. The van der Waals surface area contributed by atoms with Gasteiger partial charge in [0, 0.05) is 7.05 Å². The lowest BCUT2D eigenvalue weighted by molar-refractivity contribution is -0.240. The molecule has 1 N–H and O–H groups in total. The van der Waals surface area contributed by atoms with Gasteiger partial charge in [0.05, 0.1) is 5.57 Å². The third kappa shape index (κ3) is 2.84. The Hall–Kier alpha value is -1.81. The highest BCUT2D eigenvalue weighted by molar-refractivity contribution is 5.99. The minimum absolute atomic E-state index is 0.139. The van der Waals surface area contributed by atoms with E-state index in [1.807, 2.05) is 6.92 Å². The number of carbonyl (C=O) groups is 1. The molecule has 1 amide bonds. The number of rotatable bonds is 1. The molecule has 4 nitrogen and oxygen atoms in total. The van der Waals surface area contributed by atoms with Crippen molar-refractivity contribution in [3.05, 3.63) is 45.8 Å². The molecule has 0 atom stereocenters. The number of aliphatic hydroxyl groups excluding tert-OH is 1. The fraction of sp³-hybridized carbons (Fsp3) is 0.550. The molecule has 0 saturated heterocycles. The maximum atomic E-state index is 12.8. The first-order chi connectivity index (χ1) is 11.3. The van der Waals surface area contributed by atoms with Gasteiger partial charge in [0.2, 0.25) is 0 Å². The molecule has 0 aromatic carbocycles. The summed E-state index contributed by atoms with van der Waals surface area (Å²) in [6, 6.07) is 0. The second-order valence-corrected chi connectivity index (χ2v) is 7.39. The van der Waals surface area contributed by atoms with Crippen molar-refractivity contribution in [2.24, 2.45) is 0 Å². The van der Waals surface area contributed by atoms with Gasteiger partial charge in [0.1, 0.15) is 5.76 Å². The summed E-state index contributed by atoms with van der Waals surface area (Å²) in [5, 5.41) is 12.4. The second kappa shape index (κ2) is 6.25. The van der Waals surface area contributed by atoms with E-state index < -0.39 is 5.60 Å². The van der Waals surface area contributed by atoms with Gasteiger partial charge in [-0.1, -0.05) is 29.7 Å². The van der Waals surface area contributed by atoms with Gasteiger partial charge >= 0.3 is 0 Å². The average molecular weight is 329 g/mol. The van der Waals surface area contributed by atoms with Gasteiger partial charge in [0.25, 0.3) is 5.91 Å². The maximum Gasteiger partial charge on any atom is 0.281 e. The Morgan fingerprint density at radius 3 is 2.46 bits per heavy atom. The van der Waals surface area contributed by atoms with Crippen LogP contribution in [0.5, 0.6) is 0 Å². The molecular weight excluding hydrogens is 302 g/mol. The first-order valence-electron chi connectivity index (χ1n) is 8.80. The van der Waals surface area contributed by atoms with E-state index in [2.05, 4.69) is 26.0 Å². The van der Waals surface area contributed by atoms with Gasteiger partial charge in [-0.15, -0.1) is 0 Å². The lowest BCUT2D eigenvalue weighted by Gasteiger charge is -2.43. The highest BCUT2D eigenvalue weighted by atomic mass is 16.7. The summed E-state index contributed by atoms with van der Waals surface area (Å²) in [6.45, 7) is 6.14. The summed E-state index contributed by atoms with van der Waals surface area (Å²) in [7, 11) is 1.65. The molecular formula is C20H27NO3. The van der Waals surface area contributed by atoms with Crippen LogP contribution in [0.1, 0.15) is 59.3 Å². The number of likely N-dealkylation sites (N-methyl/N-ethyl adjacent to an activating group) is 1. The number of carbonyl (C=O) groups excluding carboxylic acids is 1. The van der Waals surface area contributed by atoms with Gasteiger partial charge < -0.3 is 5.11 Å². The van der Waals surface area contributed by atoms with Gasteiger partial charge in [0.15, 0.2) is 5.60 Å². The Morgan fingerprint density at radius 1 is 1.12 bits per heavy atom. The van der Waals surface area contributed by atoms with E-state index >= 15 is 0 Å². The van der Waals surface area contributed by atoms with E-state index in [0.717, 1.165) is 43.3 Å². The molecule has 1 spiro atoms. The predicted octanol–water partition coefficient (Wildman–Crippen LogP) is 4.52. The third-order valence-corrected chi connectivity index (χ3v) is 5.29. The van der Waals surface area contributed by atoms with Crippen LogP contribution < -0.4 is 0 Å². The van der Waals surface area contributed by atoms with Crippen molar-refractivity contribution in [1.82, 2.24) is 5.06 Å². The molecule has 1 aliphatic heterocycles. The number of hydroxylamine groups is 2. The number of amides is 1. The number of allylic oxidation sites excluding steroid dienone is 5. The monoisotopic (exact) mass is 329 g/mol. The molecule has 24 heavy (non-hydrogen) atoms. The lowest BCUT2D eigenvalue weighted by atomic mass is 9.79. The molecule has 3 rings (SSSR count). The van der Waals surface area contributed by atoms with Gasteiger partial charge in [-0.2, -0.15) is 0 Å². The molecule has 1 saturated carbocycles. The highest BCUT2D eigenvalue weighted by Crippen LogP contribution is 2.44. The van der Waals surface area contributed by atoms with E-state index in [1.54, 1.807) is 7.05 Å². The van der Waals surface area contributed by atoms with Gasteiger partial charge in [-0.05, 0) is 64.0 Å². The maximum absolute atomic E-state index is 12.8. The van der Waals surface area contributed by atoms with E-state index in [1.165, 1.54) is 16.2 Å². The van der Waals surface area contributed by atoms with Crippen molar-refractivity contribution in [2.75, 3.05) is 7.05 Å². The van der Waals surface area contributed by atoms with Crippen molar-refractivity contribution in [3.8, 4) is 0 Å². The fourth-order valence-corrected chi connectivity index (χ4v) is 4.17. The molecule has 130 valence electrons. The van der Waals surface area contributed by atoms with E-state index in [9.17, 15) is 9.90 Å². The Bertz CT molecular complexity index is 688. The number of aliphatic hydroxyl groups is 1. The van der Waals surface area contributed by atoms with Crippen LogP contribution in [-0.4, -0.2) is 28.7 Å². The number of hydrogen-bond acceptors (Lipinski definition) is 3. The largest absolute Gasteiger partial charge is 0.508 e. The van der Waals surface area contributed by atoms with Crippen molar-refractivity contribution in [1.29, 1.82) is 0 Å². The van der Waals surface area contributed by atoms with Crippen molar-refractivity contribution in [2.45, 2.75) is 64.9 Å². The van der Waals surface area contributed by atoms with Crippen LogP contribution in [0, 0.1) is 0 Å². The van der Waals surface area contributed by atoms with E-state index in [0.29, 0.717) is 12.0 Å². The van der Waals surface area contributed by atoms with Gasteiger partial charge in [-0.3, -0.25) is 9.63 Å². The zero-order valence-corrected chi connectivity index (χ0v) is 15.1.